The van der Waals surface area contributed by atoms with Gasteiger partial charge in [0.2, 0.25) is 0 Å². The van der Waals surface area contributed by atoms with Gasteiger partial charge in [-0.3, -0.25) is 4.99 Å². The molecule has 134 valence electrons. The average molecular weight is 340 g/mol. The molecule has 25 heavy (non-hydrogen) atoms. The number of aromatic nitrogens is 2. The Balaban J connectivity index is 1.43. The van der Waals surface area contributed by atoms with Gasteiger partial charge in [0, 0.05) is 38.4 Å². The fourth-order valence-electron chi connectivity index (χ4n) is 3.10. The summed E-state index contributed by atoms with van der Waals surface area (Å²) in [7, 11) is 1.81. The van der Waals surface area contributed by atoms with E-state index in [0.29, 0.717) is 6.54 Å². The van der Waals surface area contributed by atoms with Crippen LogP contribution in [0.4, 0.5) is 0 Å². The Kier molecular flexibility index (Phi) is 6.45. The summed E-state index contributed by atoms with van der Waals surface area (Å²) in [5.74, 6) is 0.837. The highest BCUT2D eigenvalue weighted by atomic mass is 15.3. The van der Waals surface area contributed by atoms with Crippen molar-refractivity contribution >= 4 is 5.96 Å². The smallest absolute Gasteiger partial charge is 0.191 e. The van der Waals surface area contributed by atoms with E-state index < -0.39 is 0 Å². The lowest BCUT2D eigenvalue weighted by Gasteiger charge is -2.26. The number of nitrogens with one attached hydrogen (secondary N) is 2. The molecule has 0 atom stereocenters. The van der Waals surface area contributed by atoms with E-state index in [4.69, 9.17) is 0 Å². The van der Waals surface area contributed by atoms with Gasteiger partial charge >= 0.3 is 0 Å². The third-order valence-electron chi connectivity index (χ3n) is 4.51. The molecule has 3 rings (SSSR count). The van der Waals surface area contributed by atoms with Crippen LogP contribution in [0.15, 0.2) is 47.7 Å². The van der Waals surface area contributed by atoms with E-state index in [9.17, 15) is 0 Å². The van der Waals surface area contributed by atoms with Gasteiger partial charge in [0.15, 0.2) is 5.96 Å². The molecule has 2 N–H and O–H groups in total. The molecule has 1 aromatic heterocycles. The van der Waals surface area contributed by atoms with Crippen LogP contribution in [0.3, 0.4) is 0 Å². The first-order chi connectivity index (χ1) is 12.3. The monoisotopic (exact) mass is 340 g/mol. The number of aliphatic imine (C=N–C) groups is 1. The summed E-state index contributed by atoms with van der Waals surface area (Å²) in [6.07, 6.45) is 7.98. The van der Waals surface area contributed by atoms with Gasteiger partial charge in [0.05, 0.1) is 11.9 Å². The first kappa shape index (κ1) is 17.5. The molecular formula is C19H28N6. The Labute approximate surface area is 149 Å². The van der Waals surface area contributed by atoms with Gasteiger partial charge in [0.1, 0.15) is 0 Å². The van der Waals surface area contributed by atoms with Crippen molar-refractivity contribution in [3.63, 3.8) is 0 Å². The predicted octanol–water partition coefficient (Wildman–Crippen LogP) is 2.02. The minimum absolute atomic E-state index is 0.705. The minimum atomic E-state index is 0.705. The number of hydrogen-bond donors (Lipinski definition) is 2. The first-order valence-corrected chi connectivity index (χ1v) is 9.11. The Morgan fingerprint density at radius 2 is 1.92 bits per heavy atom. The molecular weight excluding hydrogens is 312 g/mol. The molecule has 0 amide bonds. The summed E-state index contributed by atoms with van der Waals surface area (Å²) < 4.78 is 1.89. The molecule has 0 saturated carbocycles. The highest BCUT2D eigenvalue weighted by molar-refractivity contribution is 5.79. The van der Waals surface area contributed by atoms with E-state index in [2.05, 4.69) is 25.6 Å². The third kappa shape index (κ3) is 5.32. The van der Waals surface area contributed by atoms with Crippen LogP contribution in [0.25, 0.3) is 5.69 Å². The Morgan fingerprint density at radius 1 is 1.12 bits per heavy atom. The number of guanidine groups is 1. The quantitative estimate of drug-likeness (QED) is 0.624. The first-order valence-electron chi connectivity index (χ1n) is 9.11. The predicted molar refractivity (Wildman–Crippen MR) is 102 cm³/mol. The molecule has 1 fully saturated rings. The number of nitrogens with zero attached hydrogens (tertiary/aromatic N) is 4. The van der Waals surface area contributed by atoms with Crippen LogP contribution in [0.5, 0.6) is 0 Å². The van der Waals surface area contributed by atoms with Crippen molar-refractivity contribution in [2.45, 2.75) is 25.8 Å². The van der Waals surface area contributed by atoms with E-state index in [1.807, 2.05) is 54.5 Å². The van der Waals surface area contributed by atoms with Crippen molar-refractivity contribution in [2.24, 2.45) is 4.99 Å². The average Bonchev–Trinajstić information content (AvgIpc) is 3.15. The highest BCUT2D eigenvalue weighted by Gasteiger charge is 2.09. The zero-order chi connectivity index (χ0) is 17.3. The topological polar surface area (TPSA) is 57.5 Å². The SMILES string of the molecule is CN=C(NCCN1CCCCC1)NCc1cnn(-c2ccccc2)c1. The molecule has 1 aliphatic heterocycles. The molecule has 0 aliphatic carbocycles. The second-order valence-electron chi connectivity index (χ2n) is 6.38. The van der Waals surface area contributed by atoms with Crippen LogP contribution in [-0.4, -0.2) is 53.9 Å². The third-order valence-corrected chi connectivity index (χ3v) is 4.51. The summed E-state index contributed by atoms with van der Waals surface area (Å²) in [5, 5.41) is 11.2. The molecule has 6 heteroatoms. The van der Waals surface area contributed by atoms with Gasteiger partial charge in [0.25, 0.3) is 0 Å². The van der Waals surface area contributed by atoms with Crippen molar-refractivity contribution in [2.75, 3.05) is 33.2 Å². The summed E-state index contributed by atoms with van der Waals surface area (Å²) in [4.78, 5) is 6.82. The molecule has 1 saturated heterocycles. The highest BCUT2D eigenvalue weighted by Crippen LogP contribution is 2.08. The fraction of sp³-hybridized carbons (Fsp3) is 0.474. The summed E-state index contributed by atoms with van der Waals surface area (Å²) in [6, 6.07) is 10.1. The lowest BCUT2D eigenvalue weighted by molar-refractivity contribution is 0.232. The maximum Gasteiger partial charge on any atom is 0.191 e. The van der Waals surface area contributed by atoms with E-state index in [-0.39, 0.29) is 0 Å². The largest absolute Gasteiger partial charge is 0.355 e. The van der Waals surface area contributed by atoms with Crippen LogP contribution in [0.2, 0.25) is 0 Å². The number of rotatable bonds is 6. The van der Waals surface area contributed by atoms with Crippen molar-refractivity contribution in [3.05, 3.63) is 48.3 Å². The van der Waals surface area contributed by atoms with Crippen molar-refractivity contribution in [1.29, 1.82) is 0 Å². The van der Waals surface area contributed by atoms with Crippen LogP contribution in [-0.2, 0) is 6.54 Å². The molecule has 0 radical (unpaired) electrons. The zero-order valence-electron chi connectivity index (χ0n) is 15.0. The molecule has 0 spiro atoms. The number of hydrogen-bond acceptors (Lipinski definition) is 3. The van der Waals surface area contributed by atoms with Gasteiger partial charge in [-0.25, -0.2) is 4.68 Å². The summed E-state index contributed by atoms with van der Waals surface area (Å²) in [6.45, 7) is 5.16. The second-order valence-corrected chi connectivity index (χ2v) is 6.38. The lowest BCUT2D eigenvalue weighted by atomic mass is 10.1. The Morgan fingerprint density at radius 3 is 2.68 bits per heavy atom. The molecule has 0 bridgehead atoms. The lowest BCUT2D eigenvalue weighted by Crippen LogP contribution is -2.42. The number of likely N-dealkylation sites (tertiary alicyclic amines) is 1. The maximum atomic E-state index is 4.42. The number of benzene rings is 1. The second kappa shape index (κ2) is 9.22. The van der Waals surface area contributed by atoms with Gasteiger partial charge in [-0.2, -0.15) is 5.10 Å². The van der Waals surface area contributed by atoms with E-state index in [0.717, 1.165) is 30.3 Å². The molecule has 2 aromatic rings. The summed E-state index contributed by atoms with van der Waals surface area (Å²) in [5.41, 5.74) is 2.20. The zero-order valence-corrected chi connectivity index (χ0v) is 15.0. The van der Waals surface area contributed by atoms with Gasteiger partial charge < -0.3 is 15.5 Å². The molecule has 0 unspecified atom stereocenters. The normalized spacial score (nSPS) is 16.0. The Hall–Kier alpha value is -2.34. The molecule has 2 heterocycles. The van der Waals surface area contributed by atoms with E-state index in [1.54, 1.807) is 0 Å². The molecule has 1 aromatic carbocycles. The summed E-state index contributed by atoms with van der Waals surface area (Å²) >= 11 is 0. The standard InChI is InChI=1S/C19H28N6/c1-20-19(21-10-13-24-11-6-3-7-12-24)22-14-17-15-23-25(16-17)18-8-4-2-5-9-18/h2,4-5,8-9,15-16H,3,6-7,10-14H2,1H3,(H2,20,21,22). The number of piperidine rings is 1. The van der Waals surface area contributed by atoms with Crippen molar-refractivity contribution in [3.8, 4) is 5.69 Å². The number of para-hydroxylation sites is 1. The van der Waals surface area contributed by atoms with Gasteiger partial charge in [-0.1, -0.05) is 24.6 Å². The fourth-order valence-corrected chi connectivity index (χ4v) is 3.10. The van der Waals surface area contributed by atoms with Gasteiger partial charge in [-0.15, -0.1) is 0 Å². The minimum Gasteiger partial charge on any atom is -0.355 e. The maximum absolute atomic E-state index is 4.42. The van der Waals surface area contributed by atoms with Crippen molar-refractivity contribution in [1.82, 2.24) is 25.3 Å². The Bertz CT molecular complexity index is 658. The van der Waals surface area contributed by atoms with Crippen LogP contribution in [0, 0.1) is 0 Å². The van der Waals surface area contributed by atoms with Gasteiger partial charge in [-0.05, 0) is 38.1 Å². The van der Waals surface area contributed by atoms with Crippen LogP contribution >= 0.6 is 0 Å². The van der Waals surface area contributed by atoms with Crippen molar-refractivity contribution < 1.29 is 0 Å². The van der Waals surface area contributed by atoms with Crippen LogP contribution in [0.1, 0.15) is 24.8 Å². The van der Waals surface area contributed by atoms with Crippen LogP contribution < -0.4 is 10.6 Å². The van der Waals surface area contributed by atoms with E-state index in [1.165, 1.54) is 32.4 Å². The molecule has 1 aliphatic rings. The molecule has 6 nitrogen and oxygen atoms in total. The van der Waals surface area contributed by atoms with E-state index >= 15 is 0 Å².